The van der Waals surface area contributed by atoms with Crippen LogP contribution in [-0.4, -0.2) is 36.3 Å². The normalized spacial score (nSPS) is 11.9. The van der Waals surface area contributed by atoms with E-state index in [0.717, 1.165) is 25.1 Å². The van der Waals surface area contributed by atoms with Gasteiger partial charge in [-0.05, 0) is 50.9 Å². The minimum Gasteiger partial charge on any atom is -0.496 e. The maximum atomic E-state index is 9.12. The Hall–Kier alpha value is -1.06. The number of ether oxygens (including phenoxy) is 1. The summed E-state index contributed by atoms with van der Waals surface area (Å²) in [5, 5.41) is 9.12. The third kappa shape index (κ3) is 4.22. The molecule has 0 saturated carbocycles. The van der Waals surface area contributed by atoms with Crippen molar-refractivity contribution in [3.63, 3.8) is 0 Å². The maximum absolute atomic E-state index is 9.12. The molecular formula is C16H27NO2. The number of benzene rings is 1. The lowest BCUT2D eigenvalue weighted by Crippen LogP contribution is -2.41. The Balaban J connectivity index is 2.82. The van der Waals surface area contributed by atoms with Crippen LogP contribution in [0.5, 0.6) is 5.75 Å². The molecule has 0 fully saturated rings. The first-order chi connectivity index (χ1) is 8.94. The fourth-order valence-corrected chi connectivity index (χ4v) is 2.16. The number of aliphatic hydroxyl groups excluding tert-OH is 1. The number of aryl methyl sites for hydroxylation is 1. The number of nitrogens with zero attached hydrogens (tertiary/aromatic N) is 1. The molecule has 1 rings (SSSR count). The lowest BCUT2D eigenvalue weighted by Gasteiger charge is -2.35. The van der Waals surface area contributed by atoms with Gasteiger partial charge in [0.2, 0.25) is 0 Å². The van der Waals surface area contributed by atoms with Crippen LogP contribution in [0.3, 0.4) is 0 Å². The Kier molecular flexibility index (Phi) is 5.83. The van der Waals surface area contributed by atoms with Gasteiger partial charge in [-0.2, -0.15) is 0 Å². The number of aliphatic hydroxyl groups is 1. The molecule has 108 valence electrons. The maximum Gasteiger partial charge on any atom is 0.122 e. The van der Waals surface area contributed by atoms with Crippen LogP contribution < -0.4 is 4.74 Å². The van der Waals surface area contributed by atoms with E-state index in [1.807, 2.05) is 6.07 Å². The molecule has 0 radical (unpaired) electrons. The van der Waals surface area contributed by atoms with Gasteiger partial charge in [0.05, 0.1) is 7.11 Å². The molecule has 0 amide bonds. The lowest BCUT2D eigenvalue weighted by atomic mass is 9.98. The molecule has 0 aliphatic rings. The Bertz CT molecular complexity index is 402. The van der Waals surface area contributed by atoms with Crippen molar-refractivity contribution in [2.24, 2.45) is 0 Å². The Morgan fingerprint density at radius 3 is 2.53 bits per heavy atom. The van der Waals surface area contributed by atoms with Crippen molar-refractivity contribution >= 4 is 0 Å². The molecule has 1 aromatic rings. The van der Waals surface area contributed by atoms with E-state index in [2.05, 4.69) is 44.9 Å². The highest BCUT2D eigenvalue weighted by Gasteiger charge is 2.22. The molecule has 19 heavy (non-hydrogen) atoms. The van der Waals surface area contributed by atoms with Gasteiger partial charge in [-0.3, -0.25) is 4.90 Å². The van der Waals surface area contributed by atoms with Crippen molar-refractivity contribution < 1.29 is 9.84 Å². The minimum absolute atomic E-state index is 0.00105. The molecule has 0 aliphatic heterocycles. The van der Waals surface area contributed by atoms with Crippen LogP contribution >= 0.6 is 0 Å². The number of rotatable bonds is 7. The van der Waals surface area contributed by atoms with Crippen molar-refractivity contribution in [3.05, 3.63) is 29.3 Å². The highest BCUT2D eigenvalue weighted by atomic mass is 16.5. The first-order valence-electron chi connectivity index (χ1n) is 6.92. The minimum atomic E-state index is 0.00105. The third-order valence-electron chi connectivity index (χ3n) is 3.90. The van der Waals surface area contributed by atoms with Gasteiger partial charge < -0.3 is 9.84 Å². The van der Waals surface area contributed by atoms with Crippen LogP contribution in [0.25, 0.3) is 0 Å². The van der Waals surface area contributed by atoms with Gasteiger partial charge in [-0.1, -0.05) is 19.1 Å². The summed E-state index contributed by atoms with van der Waals surface area (Å²) in [6.07, 6.45) is 1.75. The SMILES string of the molecule is CCc1cc(CN(C)C(C)(C)CCO)ccc1OC. The number of methoxy groups -OCH3 is 1. The highest BCUT2D eigenvalue weighted by Crippen LogP contribution is 2.24. The Labute approximate surface area is 117 Å². The van der Waals surface area contributed by atoms with E-state index in [9.17, 15) is 0 Å². The van der Waals surface area contributed by atoms with Crippen molar-refractivity contribution in [2.45, 2.75) is 45.7 Å². The highest BCUT2D eigenvalue weighted by molar-refractivity contribution is 5.37. The first kappa shape index (κ1) is 16.0. The predicted molar refractivity (Wildman–Crippen MR) is 79.6 cm³/mol. The third-order valence-corrected chi connectivity index (χ3v) is 3.90. The molecule has 0 bridgehead atoms. The standard InChI is InChI=1S/C16H27NO2/c1-6-14-11-13(7-8-15(14)19-5)12-17(4)16(2,3)9-10-18/h7-8,11,18H,6,9-10,12H2,1-5H3. The second-order valence-corrected chi connectivity index (χ2v) is 5.64. The number of hydrogen-bond donors (Lipinski definition) is 1. The largest absolute Gasteiger partial charge is 0.496 e. The van der Waals surface area contributed by atoms with Gasteiger partial charge in [0, 0.05) is 18.7 Å². The molecule has 1 N–H and O–H groups in total. The zero-order valence-corrected chi connectivity index (χ0v) is 12.9. The van der Waals surface area contributed by atoms with E-state index < -0.39 is 0 Å². The summed E-state index contributed by atoms with van der Waals surface area (Å²) >= 11 is 0. The molecule has 0 aliphatic carbocycles. The Morgan fingerprint density at radius 1 is 1.32 bits per heavy atom. The molecule has 0 spiro atoms. The topological polar surface area (TPSA) is 32.7 Å². The monoisotopic (exact) mass is 265 g/mol. The summed E-state index contributed by atoms with van der Waals surface area (Å²) in [4.78, 5) is 2.28. The molecule has 0 unspecified atom stereocenters. The molecule has 0 atom stereocenters. The van der Waals surface area contributed by atoms with Crippen molar-refractivity contribution in [1.82, 2.24) is 4.90 Å². The second kappa shape index (κ2) is 6.92. The second-order valence-electron chi connectivity index (χ2n) is 5.64. The number of hydrogen-bond acceptors (Lipinski definition) is 3. The van der Waals surface area contributed by atoms with E-state index in [4.69, 9.17) is 9.84 Å². The van der Waals surface area contributed by atoms with Crippen molar-refractivity contribution in [3.8, 4) is 5.75 Å². The van der Waals surface area contributed by atoms with Gasteiger partial charge in [-0.25, -0.2) is 0 Å². The van der Waals surface area contributed by atoms with E-state index in [0.29, 0.717) is 0 Å². The molecule has 0 heterocycles. The van der Waals surface area contributed by atoms with Crippen LogP contribution in [0.15, 0.2) is 18.2 Å². The van der Waals surface area contributed by atoms with E-state index in [1.54, 1.807) is 7.11 Å². The van der Waals surface area contributed by atoms with Crippen LogP contribution in [0.1, 0.15) is 38.3 Å². The lowest BCUT2D eigenvalue weighted by molar-refractivity contribution is 0.110. The molecule has 0 saturated heterocycles. The van der Waals surface area contributed by atoms with Crippen molar-refractivity contribution in [2.75, 3.05) is 20.8 Å². The van der Waals surface area contributed by atoms with Gasteiger partial charge >= 0.3 is 0 Å². The molecule has 3 heteroatoms. The average Bonchev–Trinajstić information content (AvgIpc) is 2.38. The molecule has 1 aromatic carbocycles. The van der Waals surface area contributed by atoms with E-state index in [-0.39, 0.29) is 12.1 Å². The van der Waals surface area contributed by atoms with Crippen LogP contribution in [0, 0.1) is 0 Å². The summed E-state index contributed by atoms with van der Waals surface area (Å²) in [6.45, 7) is 7.56. The zero-order chi connectivity index (χ0) is 14.5. The summed E-state index contributed by atoms with van der Waals surface area (Å²) in [5.41, 5.74) is 2.53. The summed E-state index contributed by atoms with van der Waals surface area (Å²) < 4.78 is 5.36. The van der Waals surface area contributed by atoms with E-state index in [1.165, 1.54) is 11.1 Å². The van der Waals surface area contributed by atoms with Gasteiger partial charge in [-0.15, -0.1) is 0 Å². The predicted octanol–water partition coefficient (Wildman–Crippen LogP) is 2.85. The molecular weight excluding hydrogens is 238 g/mol. The van der Waals surface area contributed by atoms with Crippen LogP contribution in [0.2, 0.25) is 0 Å². The molecule has 0 aromatic heterocycles. The summed E-state index contributed by atoms with van der Waals surface area (Å²) in [7, 11) is 3.82. The van der Waals surface area contributed by atoms with Crippen molar-refractivity contribution in [1.29, 1.82) is 0 Å². The van der Waals surface area contributed by atoms with Crippen LogP contribution in [-0.2, 0) is 13.0 Å². The van der Waals surface area contributed by atoms with Crippen LogP contribution in [0.4, 0.5) is 0 Å². The van der Waals surface area contributed by atoms with Gasteiger partial charge in [0.1, 0.15) is 5.75 Å². The molecule has 3 nitrogen and oxygen atoms in total. The zero-order valence-electron chi connectivity index (χ0n) is 12.9. The smallest absolute Gasteiger partial charge is 0.122 e. The average molecular weight is 265 g/mol. The summed E-state index contributed by atoms with van der Waals surface area (Å²) in [5.74, 6) is 0.962. The fraction of sp³-hybridized carbons (Fsp3) is 0.625. The first-order valence-corrected chi connectivity index (χ1v) is 6.92. The van der Waals surface area contributed by atoms with E-state index >= 15 is 0 Å². The fourth-order valence-electron chi connectivity index (χ4n) is 2.16. The van der Waals surface area contributed by atoms with Gasteiger partial charge in [0.15, 0.2) is 0 Å². The summed E-state index contributed by atoms with van der Waals surface area (Å²) in [6, 6.07) is 6.37. The van der Waals surface area contributed by atoms with Gasteiger partial charge in [0.25, 0.3) is 0 Å². The quantitative estimate of drug-likeness (QED) is 0.823. The Morgan fingerprint density at radius 2 is 2.00 bits per heavy atom.